The molecule has 0 aliphatic carbocycles. The molecule has 0 bridgehead atoms. The van der Waals surface area contributed by atoms with Crippen molar-refractivity contribution in [1.29, 1.82) is 0 Å². The van der Waals surface area contributed by atoms with E-state index in [2.05, 4.69) is 0 Å². The molecule has 2 aromatic carbocycles. The molecule has 5 heteroatoms. The summed E-state index contributed by atoms with van der Waals surface area (Å²) in [5.41, 5.74) is 0.204. The second kappa shape index (κ2) is 7.02. The van der Waals surface area contributed by atoms with E-state index in [1.165, 1.54) is 12.0 Å². The van der Waals surface area contributed by atoms with Gasteiger partial charge >= 0.3 is 0 Å². The van der Waals surface area contributed by atoms with E-state index < -0.39 is 5.60 Å². The van der Waals surface area contributed by atoms with E-state index in [0.717, 1.165) is 5.56 Å². The predicted octanol–water partition coefficient (Wildman–Crippen LogP) is 3.33. The number of halogens is 1. The number of rotatable bonds is 5. The first kappa shape index (κ1) is 17.3. The molecule has 0 heterocycles. The molecule has 1 amide bonds. The molecule has 0 spiro atoms. The molecule has 0 aliphatic rings. The van der Waals surface area contributed by atoms with Crippen molar-refractivity contribution in [3.05, 3.63) is 64.7 Å². The maximum absolute atomic E-state index is 13.0. The number of carbonyl (C=O) groups is 1. The van der Waals surface area contributed by atoms with Crippen molar-refractivity contribution in [2.45, 2.75) is 5.60 Å². The molecular weight excluding hydrogens is 314 g/mol. The topological polar surface area (TPSA) is 38.8 Å². The average molecular weight is 334 g/mol. The van der Waals surface area contributed by atoms with Gasteiger partial charge in [0.15, 0.2) is 5.60 Å². The molecule has 0 fully saturated rings. The SMILES string of the molecule is COc1ccc(C(OC)(C(=O)N(C)C)c2ccc(Cl)cc2)cc1. The van der Waals surface area contributed by atoms with Crippen LogP contribution < -0.4 is 4.74 Å². The van der Waals surface area contributed by atoms with Crippen LogP contribution in [-0.2, 0) is 15.1 Å². The second-order valence-corrected chi connectivity index (χ2v) is 5.76. The molecule has 1 atom stereocenters. The maximum Gasteiger partial charge on any atom is 0.263 e. The summed E-state index contributed by atoms with van der Waals surface area (Å²) in [6.45, 7) is 0. The highest BCUT2D eigenvalue weighted by atomic mass is 35.5. The number of amides is 1. The van der Waals surface area contributed by atoms with Gasteiger partial charge in [-0.15, -0.1) is 0 Å². The summed E-state index contributed by atoms with van der Waals surface area (Å²) in [4.78, 5) is 14.5. The molecule has 0 radical (unpaired) electrons. The van der Waals surface area contributed by atoms with E-state index in [0.29, 0.717) is 16.3 Å². The van der Waals surface area contributed by atoms with Gasteiger partial charge in [-0.25, -0.2) is 0 Å². The van der Waals surface area contributed by atoms with Gasteiger partial charge in [0, 0.05) is 26.2 Å². The lowest BCUT2D eigenvalue weighted by Crippen LogP contribution is -2.46. The quantitative estimate of drug-likeness (QED) is 0.842. The van der Waals surface area contributed by atoms with Crippen molar-refractivity contribution >= 4 is 17.5 Å². The predicted molar refractivity (Wildman–Crippen MR) is 90.9 cm³/mol. The highest BCUT2D eigenvalue weighted by molar-refractivity contribution is 6.30. The van der Waals surface area contributed by atoms with Crippen LogP contribution >= 0.6 is 11.6 Å². The smallest absolute Gasteiger partial charge is 0.263 e. The number of carbonyl (C=O) groups excluding carboxylic acids is 1. The Balaban J connectivity index is 2.66. The van der Waals surface area contributed by atoms with Crippen molar-refractivity contribution in [1.82, 2.24) is 4.90 Å². The molecule has 4 nitrogen and oxygen atoms in total. The molecule has 2 aromatic rings. The highest BCUT2D eigenvalue weighted by Crippen LogP contribution is 2.36. The Morgan fingerprint density at radius 2 is 1.43 bits per heavy atom. The number of benzene rings is 2. The van der Waals surface area contributed by atoms with Gasteiger partial charge < -0.3 is 14.4 Å². The van der Waals surface area contributed by atoms with E-state index in [9.17, 15) is 4.79 Å². The lowest BCUT2D eigenvalue weighted by Gasteiger charge is -2.34. The number of methoxy groups -OCH3 is 2. The van der Waals surface area contributed by atoms with Gasteiger partial charge in [0.25, 0.3) is 5.91 Å². The van der Waals surface area contributed by atoms with Crippen LogP contribution in [0.15, 0.2) is 48.5 Å². The van der Waals surface area contributed by atoms with Crippen molar-refractivity contribution in [2.24, 2.45) is 0 Å². The average Bonchev–Trinajstić information content (AvgIpc) is 2.57. The maximum atomic E-state index is 13.0. The van der Waals surface area contributed by atoms with Gasteiger partial charge in [-0.3, -0.25) is 4.79 Å². The fourth-order valence-corrected chi connectivity index (χ4v) is 2.69. The molecular formula is C18H20ClNO3. The molecule has 122 valence electrons. The Morgan fingerprint density at radius 1 is 0.957 bits per heavy atom. The number of hydrogen-bond acceptors (Lipinski definition) is 3. The molecule has 0 aliphatic heterocycles. The Hall–Kier alpha value is -2.04. The van der Waals surface area contributed by atoms with Crippen LogP contribution in [0, 0.1) is 0 Å². The monoisotopic (exact) mass is 333 g/mol. The largest absolute Gasteiger partial charge is 0.497 e. The number of nitrogens with zero attached hydrogens (tertiary/aromatic N) is 1. The number of hydrogen-bond donors (Lipinski definition) is 0. The fourth-order valence-electron chi connectivity index (χ4n) is 2.56. The zero-order chi connectivity index (χ0) is 17.0. The molecule has 23 heavy (non-hydrogen) atoms. The van der Waals surface area contributed by atoms with Crippen LogP contribution in [-0.4, -0.2) is 39.1 Å². The minimum atomic E-state index is -1.24. The van der Waals surface area contributed by atoms with Gasteiger partial charge in [-0.1, -0.05) is 35.9 Å². The number of ether oxygens (including phenoxy) is 2. The van der Waals surface area contributed by atoms with Gasteiger partial charge in [0.2, 0.25) is 0 Å². The fraction of sp³-hybridized carbons (Fsp3) is 0.278. The Kier molecular flexibility index (Phi) is 5.29. The minimum Gasteiger partial charge on any atom is -0.497 e. The second-order valence-electron chi connectivity index (χ2n) is 5.32. The lowest BCUT2D eigenvalue weighted by atomic mass is 9.84. The van der Waals surface area contributed by atoms with Gasteiger partial charge in [0.1, 0.15) is 5.75 Å². The number of likely N-dealkylation sites (N-methyl/N-ethyl adjacent to an activating group) is 1. The molecule has 0 aromatic heterocycles. The van der Waals surface area contributed by atoms with Gasteiger partial charge in [-0.05, 0) is 35.4 Å². The normalized spacial score (nSPS) is 13.3. The Morgan fingerprint density at radius 3 is 1.83 bits per heavy atom. The summed E-state index contributed by atoms with van der Waals surface area (Å²) >= 11 is 5.98. The van der Waals surface area contributed by atoms with Gasteiger partial charge in [0.05, 0.1) is 7.11 Å². The van der Waals surface area contributed by atoms with Crippen LogP contribution in [0.4, 0.5) is 0 Å². The van der Waals surface area contributed by atoms with Crippen LogP contribution in [0.2, 0.25) is 5.02 Å². The van der Waals surface area contributed by atoms with Crippen LogP contribution in [0.1, 0.15) is 11.1 Å². The van der Waals surface area contributed by atoms with Gasteiger partial charge in [-0.2, -0.15) is 0 Å². The summed E-state index contributed by atoms with van der Waals surface area (Å²) in [6, 6.07) is 14.4. The van der Waals surface area contributed by atoms with Crippen molar-refractivity contribution < 1.29 is 14.3 Å². The van der Waals surface area contributed by atoms with E-state index in [1.807, 2.05) is 24.3 Å². The molecule has 1 unspecified atom stereocenters. The van der Waals surface area contributed by atoms with Crippen LogP contribution in [0.3, 0.4) is 0 Å². The van der Waals surface area contributed by atoms with Crippen LogP contribution in [0.5, 0.6) is 5.75 Å². The Bertz CT molecular complexity index is 668. The van der Waals surface area contributed by atoms with Crippen molar-refractivity contribution in [3.63, 3.8) is 0 Å². The zero-order valence-corrected chi connectivity index (χ0v) is 14.4. The first-order chi connectivity index (χ1) is 11.0. The summed E-state index contributed by atoms with van der Waals surface area (Å²) in [5.74, 6) is 0.541. The highest BCUT2D eigenvalue weighted by Gasteiger charge is 2.43. The van der Waals surface area contributed by atoms with E-state index in [4.69, 9.17) is 21.1 Å². The molecule has 0 saturated heterocycles. The molecule has 0 N–H and O–H groups in total. The first-order valence-corrected chi connectivity index (χ1v) is 7.51. The third kappa shape index (κ3) is 3.19. The summed E-state index contributed by atoms with van der Waals surface area (Å²) in [5, 5.41) is 0.603. The first-order valence-electron chi connectivity index (χ1n) is 7.13. The summed E-state index contributed by atoms with van der Waals surface area (Å²) in [7, 11) is 6.54. The van der Waals surface area contributed by atoms with Crippen molar-refractivity contribution in [3.8, 4) is 5.75 Å². The van der Waals surface area contributed by atoms with E-state index in [-0.39, 0.29) is 5.91 Å². The third-order valence-corrected chi connectivity index (χ3v) is 4.01. The minimum absolute atomic E-state index is 0.174. The summed E-state index contributed by atoms with van der Waals surface area (Å²) < 4.78 is 11.0. The van der Waals surface area contributed by atoms with E-state index in [1.54, 1.807) is 45.5 Å². The molecule has 0 saturated carbocycles. The third-order valence-electron chi connectivity index (χ3n) is 3.76. The standard InChI is InChI=1S/C18H20ClNO3/c1-20(2)17(21)18(23-4,13-5-9-15(19)10-6-13)14-7-11-16(22-3)12-8-14/h5-12H,1-4H3. The lowest BCUT2D eigenvalue weighted by molar-refractivity contribution is -0.148. The Labute approximate surface area is 141 Å². The van der Waals surface area contributed by atoms with E-state index >= 15 is 0 Å². The summed E-state index contributed by atoms with van der Waals surface area (Å²) in [6.07, 6.45) is 0. The molecule has 2 rings (SSSR count). The van der Waals surface area contributed by atoms with Crippen LogP contribution in [0.25, 0.3) is 0 Å². The van der Waals surface area contributed by atoms with Crippen molar-refractivity contribution in [2.75, 3.05) is 28.3 Å². The zero-order valence-electron chi connectivity index (χ0n) is 13.7.